The molecule has 0 aliphatic carbocycles. The molecule has 0 saturated heterocycles. The monoisotopic (exact) mass is 352 g/mol. The molecule has 1 heterocycles. The molecule has 0 bridgehead atoms. The van der Waals surface area contributed by atoms with Crippen LogP contribution < -0.4 is 10.2 Å². The molecule has 1 N–H and O–H groups in total. The smallest absolute Gasteiger partial charge is 0.277 e. The molecule has 2 aromatic carbocycles. The van der Waals surface area contributed by atoms with Gasteiger partial charge in [0.15, 0.2) is 6.61 Å². The van der Waals surface area contributed by atoms with E-state index in [1.807, 2.05) is 36.5 Å². The third kappa shape index (κ3) is 5.27. The van der Waals surface area contributed by atoms with Crippen LogP contribution >= 0.6 is 0 Å². The van der Waals surface area contributed by atoms with Crippen molar-refractivity contribution in [1.29, 1.82) is 0 Å². The molecule has 132 valence electrons. The highest BCUT2D eigenvalue weighted by atomic mass is 19.1. The minimum absolute atomic E-state index is 0.212. The fourth-order valence-electron chi connectivity index (χ4n) is 2.19. The summed E-state index contributed by atoms with van der Waals surface area (Å²) >= 11 is 0. The van der Waals surface area contributed by atoms with Crippen molar-refractivity contribution in [2.75, 3.05) is 6.61 Å². The van der Waals surface area contributed by atoms with Crippen LogP contribution in [0.1, 0.15) is 11.1 Å². The second kappa shape index (κ2) is 8.57. The van der Waals surface area contributed by atoms with E-state index < -0.39 is 5.91 Å². The van der Waals surface area contributed by atoms with Gasteiger partial charge in [-0.1, -0.05) is 30.3 Å². The number of aromatic nitrogens is 2. The average Bonchev–Trinajstić information content (AvgIpc) is 3.09. The maximum absolute atomic E-state index is 12.8. The summed E-state index contributed by atoms with van der Waals surface area (Å²) in [6.45, 7) is 0.447. The summed E-state index contributed by atoms with van der Waals surface area (Å²) < 4.78 is 19.8. The quantitative estimate of drug-likeness (QED) is 0.525. The molecule has 0 aliphatic heterocycles. The lowest BCUT2D eigenvalue weighted by molar-refractivity contribution is -0.123. The number of amides is 1. The van der Waals surface area contributed by atoms with Crippen molar-refractivity contribution < 1.29 is 13.9 Å². The van der Waals surface area contributed by atoms with Gasteiger partial charge in [-0.15, -0.1) is 0 Å². The highest BCUT2D eigenvalue weighted by Gasteiger charge is 2.02. The van der Waals surface area contributed by atoms with E-state index in [-0.39, 0.29) is 12.4 Å². The van der Waals surface area contributed by atoms with Crippen molar-refractivity contribution in [3.8, 4) is 5.75 Å². The summed E-state index contributed by atoms with van der Waals surface area (Å²) in [4.78, 5) is 11.7. The largest absolute Gasteiger partial charge is 0.484 e. The lowest BCUT2D eigenvalue weighted by Gasteiger charge is -2.04. The highest BCUT2D eigenvalue weighted by Crippen LogP contribution is 2.10. The van der Waals surface area contributed by atoms with Crippen LogP contribution in [0.15, 0.2) is 72.1 Å². The van der Waals surface area contributed by atoms with Crippen molar-refractivity contribution >= 4 is 12.1 Å². The average molecular weight is 352 g/mol. The van der Waals surface area contributed by atoms with Crippen molar-refractivity contribution in [1.82, 2.24) is 15.2 Å². The zero-order valence-electron chi connectivity index (χ0n) is 13.9. The van der Waals surface area contributed by atoms with Crippen LogP contribution in [-0.2, 0) is 11.3 Å². The summed E-state index contributed by atoms with van der Waals surface area (Å²) in [5, 5.41) is 8.12. The number of hydrogen-bond acceptors (Lipinski definition) is 4. The second-order valence-electron chi connectivity index (χ2n) is 5.49. The second-order valence-corrected chi connectivity index (χ2v) is 5.49. The minimum Gasteiger partial charge on any atom is -0.484 e. The lowest BCUT2D eigenvalue weighted by Crippen LogP contribution is -2.24. The van der Waals surface area contributed by atoms with Gasteiger partial charge in [-0.2, -0.15) is 10.2 Å². The Hall–Kier alpha value is -3.48. The summed E-state index contributed by atoms with van der Waals surface area (Å²) in [7, 11) is 0. The molecule has 7 heteroatoms. The van der Waals surface area contributed by atoms with Gasteiger partial charge in [0.1, 0.15) is 11.6 Å². The van der Waals surface area contributed by atoms with E-state index in [0.717, 1.165) is 11.1 Å². The molecular formula is C19H17FN4O2. The van der Waals surface area contributed by atoms with Crippen LogP contribution in [0.3, 0.4) is 0 Å². The maximum Gasteiger partial charge on any atom is 0.277 e. The van der Waals surface area contributed by atoms with E-state index in [0.29, 0.717) is 12.3 Å². The Kier molecular flexibility index (Phi) is 5.72. The number of carbonyl (C=O) groups excluding carboxylic acids is 1. The predicted octanol–water partition coefficient (Wildman–Crippen LogP) is 2.60. The first-order valence-corrected chi connectivity index (χ1v) is 7.96. The van der Waals surface area contributed by atoms with Gasteiger partial charge in [-0.05, 0) is 29.8 Å². The minimum atomic E-state index is -0.415. The van der Waals surface area contributed by atoms with E-state index in [2.05, 4.69) is 15.6 Å². The lowest BCUT2D eigenvalue weighted by atomic mass is 10.2. The molecule has 0 atom stereocenters. The molecule has 0 saturated carbocycles. The van der Waals surface area contributed by atoms with E-state index >= 15 is 0 Å². The third-order valence-electron chi connectivity index (χ3n) is 3.43. The Morgan fingerprint density at radius 1 is 1.19 bits per heavy atom. The van der Waals surface area contributed by atoms with Crippen LogP contribution in [0, 0.1) is 5.82 Å². The molecule has 0 aliphatic rings. The number of hydrogen-bond donors (Lipinski definition) is 1. The predicted molar refractivity (Wildman–Crippen MR) is 95.4 cm³/mol. The number of ether oxygens (including phenoxy) is 1. The van der Waals surface area contributed by atoms with E-state index in [1.54, 1.807) is 10.9 Å². The van der Waals surface area contributed by atoms with E-state index in [1.165, 1.54) is 30.5 Å². The van der Waals surface area contributed by atoms with Gasteiger partial charge in [-0.25, -0.2) is 9.82 Å². The third-order valence-corrected chi connectivity index (χ3v) is 3.43. The molecule has 0 unspecified atom stereocenters. The van der Waals surface area contributed by atoms with E-state index in [9.17, 15) is 9.18 Å². The Labute approximate surface area is 149 Å². The van der Waals surface area contributed by atoms with Crippen LogP contribution in [-0.4, -0.2) is 28.5 Å². The Morgan fingerprint density at radius 2 is 1.96 bits per heavy atom. The van der Waals surface area contributed by atoms with Gasteiger partial charge in [-0.3, -0.25) is 9.48 Å². The summed E-state index contributed by atoms with van der Waals surface area (Å²) in [6, 6.07) is 15.4. The number of nitrogens with one attached hydrogen (secondary N) is 1. The summed E-state index contributed by atoms with van der Waals surface area (Å²) in [5.74, 6) is -0.366. The summed E-state index contributed by atoms with van der Waals surface area (Å²) in [5.41, 5.74) is 4.27. The SMILES string of the molecule is O=C(COc1ccc(F)cc1)N/N=C\c1cnn(Cc2ccccc2)c1. The first-order chi connectivity index (χ1) is 12.7. The fraction of sp³-hybridized carbons (Fsp3) is 0.105. The molecule has 3 aromatic rings. The van der Waals surface area contributed by atoms with Crippen molar-refractivity contribution in [3.05, 3.63) is 83.9 Å². The molecule has 6 nitrogen and oxygen atoms in total. The van der Waals surface area contributed by atoms with Gasteiger partial charge in [0.2, 0.25) is 0 Å². The topological polar surface area (TPSA) is 68.5 Å². The standard InChI is InChI=1S/C19H17FN4O2/c20-17-6-8-18(9-7-17)26-14-19(25)23-21-10-16-11-22-24(13-16)12-15-4-2-1-3-5-15/h1-11,13H,12,14H2,(H,23,25)/b21-10-. The Bertz CT molecular complexity index is 876. The zero-order chi connectivity index (χ0) is 18.2. The highest BCUT2D eigenvalue weighted by molar-refractivity contribution is 5.82. The Balaban J connectivity index is 1.44. The molecule has 1 amide bonds. The van der Waals surface area contributed by atoms with Gasteiger partial charge in [0, 0.05) is 11.8 Å². The maximum atomic E-state index is 12.8. The van der Waals surface area contributed by atoms with Crippen LogP contribution in [0.4, 0.5) is 4.39 Å². The Morgan fingerprint density at radius 3 is 2.73 bits per heavy atom. The van der Waals surface area contributed by atoms with Crippen LogP contribution in [0.2, 0.25) is 0 Å². The van der Waals surface area contributed by atoms with Gasteiger partial charge < -0.3 is 4.74 Å². The normalized spacial score (nSPS) is 10.8. The number of carbonyl (C=O) groups is 1. The molecule has 0 spiro atoms. The number of benzene rings is 2. The molecule has 26 heavy (non-hydrogen) atoms. The van der Waals surface area contributed by atoms with Crippen molar-refractivity contribution in [2.24, 2.45) is 5.10 Å². The van der Waals surface area contributed by atoms with Crippen molar-refractivity contribution in [3.63, 3.8) is 0 Å². The van der Waals surface area contributed by atoms with Crippen LogP contribution in [0.5, 0.6) is 5.75 Å². The van der Waals surface area contributed by atoms with Crippen molar-refractivity contribution in [2.45, 2.75) is 6.54 Å². The van der Waals surface area contributed by atoms with Gasteiger partial charge in [0.25, 0.3) is 5.91 Å². The number of rotatable bonds is 7. The first kappa shape index (κ1) is 17.3. The van der Waals surface area contributed by atoms with Gasteiger partial charge >= 0.3 is 0 Å². The van der Waals surface area contributed by atoms with E-state index in [4.69, 9.17) is 4.74 Å². The number of hydrazone groups is 1. The molecule has 1 aromatic heterocycles. The summed E-state index contributed by atoms with van der Waals surface area (Å²) in [6.07, 6.45) is 5.00. The number of nitrogens with zero attached hydrogens (tertiary/aromatic N) is 3. The number of halogens is 1. The molecule has 0 fully saturated rings. The molecular weight excluding hydrogens is 335 g/mol. The van der Waals surface area contributed by atoms with Gasteiger partial charge in [0.05, 0.1) is 19.0 Å². The molecule has 3 rings (SSSR count). The zero-order valence-corrected chi connectivity index (χ0v) is 13.9. The molecule has 0 radical (unpaired) electrons. The first-order valence-electron chi connectivity index (χ1n) is 7.96. The fourth-order valence-corrected chi connectivity index (χ4v) is 2.19. The van der Waals surface area contributed by atoms with Crippen LogP contribution in [0.25, 0.3) is 0 Å².